The highest BCUT2D eigenvalue weighted by atomic mass is 35.5. The molecule has 104 valence electrons. The van der Waals surface area contributed by atoms with Crippen molar-refractivity contribution in [3.63, 3.8) is 0 Å². The van der Waals surface area contributed by atoms with E-state index in [1.807, 2.05) is 12.1 Å². The number of carbonyl (C=O) groups excluding carboxylic acids is 1. The third-order valence-corrected chi connectivity index (χ3v) is 3.24. The Balaban J connectivity index is 2.15. The number of hydrogen-bond acceptors (Lipinski definition) is 3. The molecule has 20 heavy (non-hydrogen) atoms. The lowest BCUT2D eigenvalue weighted by molar-refractivity contribution is 0.0996. The summed E-state index contributed by atoms with van der Waals surface area (Å²) in [7, 11) is 0. The average Bonchev–Trinajstić information content (AvgIpc) is 2.46. The Morgan fingerprint density at radius 3 is 2.60 bits per heavy atom. The first kappa shape index (κ1) is 14.4. The Morgan fingerprint density at radius 1 is 1.20 bits per heavy atom. The fourth-order valence-corrected chi connectivity index (χ4v) is 2.04. The van der Waals surface area contributed by atoms with Crippen LogP contribution in [0.2, 0.25) is 5.02 Å². The first-order chi connectivity index (χ1) is 9.61. The maximum Gasteiger partial charge on any atom is 0.252 e. The van der Waals surface area contributed by atoms with Crippen LogP contribution in [0, 0.1) is 0 Å². The zero-order chi connectivity index (χ0) is 14.5. The smallest absolute Gasteiger partial charge is 0.252 e. The van der Waals surface area contributed by atoms with Gasteiger partial charge in [0.2, 0.25) is 0 Å². The molecule has 1 amide bonds. The van der Waals surface area contributed by atoms with Crippen LogP contribution < -0.4 is 16.2 Å². The predicted octanol–water partition coefficient (Wildman–Crippen LogP) is 2.48. The molecule has 0 spiro atoms. The molecule has 4 nitrogen and oxygen atoms in total. The Morgan fingerprint density at radius 2 is 1.95 bits per heavy atom. The third kappa shape index (κ3) is 3.29. The van der Waals surface area contributed by atoms with Gasteiger partial charge in [-0.25, -0.2) is 0 Å². The molecule has 2 aromatic carbocycles. The van der Waals surface area contributed by atoms with Crippen LogP contribution in [0.1, 0.15) is 21.5 Å². The van der Waals surface area contributed by atoms with Crippen molar-refractivity contribution in [2.45, 2.75) is 13.2 Å². The minimum absolute atomic E-state index is 0.258. The molecule has 0 saturated carbocycles. The first-order valence-corrected chi connectivity index (χ1v) is 6.48. The zero-order valence-corrected chi connectivity index (χ0v) is 11.6. The van der Waals surface area contributed by atoms with Crippen molar-refractivity contribution >= 4 is 17.5 Å². The van der Waals surface area contributed by atoms with E-state index in [1.54, 1.807) is 30.3 Å². The van der Waals surface area contributed by atoms with Gasteiger partial charge in [-0.3, -0.25) is 4.79 Å². The monoisotopic (exact) mass is 290 g/mol. The number of carbonyl (C=O) groups is 1. The SMILES string of the molecule is NCc1ccc(COc2ccccc2C(N)=O)c(Cl)c1. The van der Waals surface area contributed by atoms with E-state index in [1.165, 1.54) is 0 Å². The van der Waals surface area contributed by atoms with Gasteiger partial charge in [0.1, 0.15) is 12.4 Å². The lowest BCUT2D eigenvalue weighted by Gasteiger charge is -2.11. The summed E-state index contributed by atoms with van der Waals surface area (Å²) >= 11 is 6.15. The molecule has 0 radical (unpaired) electrons. The molecule has 0 saturated heterocycles. The maximum absolute atomic E-state index is 11.3. The van der Waals surface area contributed by atoms with Gasteiger partial charge in [0.25, 0.3) is 5.91 Å². The quantitative estimate of drug-likeness (QED) is 0.888. The summed E-state index contributed by atoms with van der Waals surface area (Å²) in [6.07, 6.45) is 0. The van der Waals surface area contributed by atoms with Gasteiger partial charge in [0.05, 0.1) is 5.56 Å². The molecule has 0 bridgehead atoms. The Kier molecular flexibility index (Phi) is 4.61. The van der Waals surface area contributed by atoms with E-state index in [-0.39, 0.29) is 6.61 Å². The molecule has 0 aliphatic rings. The molecule has 4 N–H and O–H groups in total. The van der Waals surface area contributed by atoms with E-state index in [4.69, 9.17) is 27.8 Å². The first-order valence-electron chi connectivity index (χ1n) is 6.11. The fourth-order valence-electron chi connectivity index (χ4n) is 1.79. The second-order valence-electron chi connectivity index (χ2n) is 4.28. The Hall–Kier alpha value is -2.04. The second kappa shape index (κ2) is 6.41. The number of rotatable bonds is 5. The van der Waals surface area contributed by atoms with Gasteiger partial charge in [-0.15, -0.1) is 0 Å². The largest absolute Gasteiger partial charge is 0.488 e. The maximum atomic E-state index is 11.3. The molecule has 5 heteroatoms. The average molecular weight is 291 g/mol. The van der Waals surface area contributed by atoms with Crippen molar-refractivity contribution < 1.29 is 9.53 Å². The molecule has 0 aromatic heterocycles. The predicted molar refractivity (Wildman–Crippen MR) is 78.6 cm³/mol. The highest BCUT2D eigenvalue weighted by molar-refractivity contribution is 6.31. The Bertz CT molecular complexity index is 629. The number of primary amides is 1. The molecule has 0 aliphatic heterocycles. The van der Waals surface area contributed by atoms with E-state index in [0.717, 1.165) is 11.1 Å². The van der Waals surface area contributed by atoms with Crippen molar-refractivity contribution in [3.8, 4) is 5.75 Å². The zero-order valence-electron chi connectivity index (χ0n) is 10.8. The van der Waals surface area contributed by atoms with Gasteiger partial charge in [-0.2, -0.15) is 0 Å². The van der Waals surface area contributed by atoms with E-state index in [2.05, 4.69) is 0 Å². The summed E-state index contributed by atoms with van der Waals surface area (Å²) in [6.45, 7) is 0.694. The normalized spacial score (nSPS) is 10.3. The summed E-state index contributed by atoms with van der Waals surface area (Å²) in [6, 6.07) is 12.4. The molecule has 0 aliphatic carbocycles. The molecular formula is C15H15ClN2O2. The van der Waals surface area contributed by atoms with Crippen LogP contribution in [0.5, 0.6) is 5.75 Å². The standard InChI is InChI=1S/C15H15ClN2O2/c16-13-7-10(8-17)5-6-11(13)9-20-14-4-2-1-3-12(14)15(18)19/h1-7H,8-9,17H2,(H2,18,19). The van der Waals surface area contributed by atoms with E-state index < -0.39 is 5.91 Å². The number of benzene rings is 2. The van der Waals surface area contributed by atoms with Crippen LogP contribution in [0.15, 0.2) is 42.5 Å². The molecule has 0 fully saturated rings. The van der Waals surface area contributed by atoms with Crippen LogP contribution in [-0.4, -0.2) is 5.91 Å². The van der Waals surface area contributed by atoms with Crippen molar-refractivity contribution in [2.24, 2.45) is 11.5 Å². The van der Waals surface area contributed by atoms with Crippen molar-refractivity contribution in [1.29, 1.82) is 0 Å². The molecular weight excluding hydrogens is 276 g/mol. The molecule has 0 unspecified atom stereocenters. The lowest BCUT2D eigenvalue weighted by Crippen LogP contribution is -2.13. The summed E-state index contributed by atoms with van der Waals surface area (Å²) in [5.74, 6) is -0.0795. The van der Waals surface area contributed by atoms with Crippen LogP contribution in [0.25, 0.3) is 0 Å². The number of ether oxygens (including phenoxy) is 1. The molecule has 0 atom stereocenters. The van der Waals surface area contributed by atoms with Gasteiger partial charge in [-0.1, -0.05) is 35.9 Å². The summed E-state index contributed by atoms with van der Waals surface area (Å²) < 4.78 is 5.62. The Labute approximate surface area is 122 Å². The molecule has 2 rings (SSSR count). The molecule has 0 heterocycles. The highest BCUT2D eigenvalue weighted by Gasteiger charge is 2.09. The number of nitrogens with two attached hydrogens (primary N) is 2. The summed E-state index contributed by atoms with van der Waals surface area (Å²) in [5, 5.41) is 0.588. The van der Waals surface area contributed by atoms with Crippen molar-refractivity contribution in [2.75, 3.05) is 0 Å². The van der Waals surface area contributed by atoms with Crippen LogP contribution in [-0.2, 0) is 13.2 Å². The van der Waals surface area contributed by atoms with Crippen LogP contribution >= 0.6 is 11.6 Å². The van der Waals surface area contributed by atoms with Gasteiger partial charge in [0, 0.05) is 17.1 Å². The van der Waals surface area contributed by atoms with Crippen molar-refractivity contribution in [3.05, 3.63) is 64.2 Å². The number of para-hydroxylation sites is 1. The van der Waals surface area contributed by atoms with Crippen molar-refractivity contribution in [1.82, 2.24) is 0 Å². The van der Waals surface area contributed by atoms with E-state index in [9.17, 15) is 4.79 Å². The molecule has 2 aromatic rings. The number of amides is 1. The van der Waals surface area contributed by atoms with Gasteiger partial charge >= 0.3 is 0 Å². The lowest BCUT2D eigenvalue weighted by atomic mass is 10.1. The van der Waals surface area contributed by atoms with Gasteiger partial charge < -0.3 is 16.2 Å². The highest BCUT2D eigenvalue weighted by Crippen LogP contribution is 2.22. The van der Waals surface area contributed by atoms with E-state index in [0.29, 0.717) is 22.9 Å². The number of hydrogen-bond donors (Lipinski definition) is 2. The van der Waals surface area contributed by atoms with Gasteiger partial charge in [0.15, 0.2) is 0 Å². The fraction of sp³-hybridized carbons (Fsp3) is 0.133. The summed E-state index contributed by atoms with van der Waals surface area (Å²) in [4.78, 5) is 11.3. The van der Waals surface area contributed by atoms with E-state index >= 15 is 0 Å². The minimum Gasteiger partial charge on any atom is -0.488 e. The third-order valence-electron chi connectivity index (χ3n) is 2.89. The van der Waals surface area contributed by atoms with Crippen LogP contribution in [0.4, 0.5) is 0 Å². The topological polar surface area (TPSA) is 78.3 Å². The second-order valence-corrected chi connectivity index (χ2v) is 4.69. The minimum atomic E-state index is -0.523. The van der Waals surface area contributed by atoms with Gasteiger partial charge in [-0.05, 0) is 23.8 Å². The van der Waals surface area contributed by atoms with Crippen LogP contribution in [0.3, 0.4) is 0 Å². The summed E-state index contributed by atoms with van der Waals surface area (Å²) in [5.41, 5.74) is 13.0. The number of halogens is 1.